The maximum Gasteiger partial charge on any atom is 2.00 e. The molecular weight excluding hydrogens is 440 g/mol. The van der Waals surface area contributed by atoms with Crippen molar-refractivity contribution in [1.82, 2.24) is 0 Å². The van der Waals surface area contributed by atoms with E-state index in [9.17, 15) is 14.7 Å². The van der Waals surface area contributed by atoms with Crippen molar-refractivity contribution in [3.63, 3.8) is 0 Å². The Bertz CT molecular complexity index is 618. The average Bonchev–Trinajstić information content (AvgIpc) is 2.80. The van der Waals surface area contributed by atoms with E-state index in [4.69, 9.17) is 4.74 Å². The smallest absolute Gasteiger partial charge is 0.545 e. The zero-order valence-corrected chi connectivity index (χ0v) is 23.3. The van der Waals surface area contributed by atoms with Gasteiger partial charge in [0.15, 0.2) is 0 Å². The van der Waals surface area contributed by atoms with E-state index >= 15 is 0 Å². The summed E-state index contributed by atoms with van der Waals surface area (Å²) in [6.07, 6.45) is 23.7. The van der Waals surface area contributed by atoms with Gasteiger partial charge in [0.25, 0.3) is 0 Å². The van der Waals surface area contributed by atoms with Crippen molar-refractivity contribution in [3.8, 4) is 0 Å². The Kier molecular flexibility index (Phi) is 22.8. The molecule has 0 aromatic heterocycles. The van der Waals surface area contributed by atoms with Gasteiger partial charge in [-0.05, 0) is 12.5 Å². The first-order valence-corrected chi connectivity index (χ1v) is 13.1. The molecule has 33 heavy (non-hydrogen) atoms. The molecule has 1 aromatic carbocycles. The quantitative estimate of drug-likeness (QED) is 0.108. The number of hydrogen-bond acceptors (Lipinski definition) is 4. The van der Waals surface area contributed by atoms with Crippen LogP contribution in [0, 0.1) is 0 Å². The Labute approximate surface area is 232 Å². The fourth-order valence-electron chi connectivity index (χ4n) is 4.09. The molecule has 1 aromatic rings. The van der Waals surface area contributed by atoms with Crippen molar-refractivity contribution in [1.29, 1.82) is 0 Å². The Balaban J connectivity index is 0.0000102. The summed E-state index contributed by atoms with van der Waals surface area (Å²) in [5, 5.41) is 11.1. The summed E-state index contributed by atoms with van der Waals surface area (Å²) in [6, 6.07) is 6.02. The Morgan fingerprint density at radius 3 is 1.39 bits per heavy atom. The molecule has 0 radical (unpaired) electrons. The second kappa shape index (κ2) is 23.2. The largest absolute Gasteiger partial charge is 2.00 e. The van der Waals surface area contributed by atoms with Crippen LogP contribution in [0.4, 0.5) is 0 Å². The molecule has 0 aliphatic rings. The SMILES string of the molecule is CCCCCCCCCCCCCCCCCCCCOC(=O)c1ccccc1C(=O)[O-].[Ca+2]. The molecule has 0 spiro atoms. The molecule has 0 amide bonds. The van der Waals surface area contributed by atoms with Gasteiger partial charge < -0.3 is 14.6 Å². The van der Waals surface area contributed by atoms with Crippen LogP contribution in [-0.2, 0) is 4.74 Å². The van der Waals surface area contributed by atoms with E-state index < -0.39 is 11.9 Å². The molecule has 0 aliphatic carbocycles. The van der Waals surface area contributed by atoms with Crippen molar-refractivity contribution in [3.05, 3.63) is 35.4 Å². The van der Waals surface area contributed by atoms with E-state index in [-0.39, 0.29) is 48.9 Å². The molecule has 0 bridgehead atoms. The summed E-state index contributed by atoms with van der Waals surface area (Å²) in [7, 11) is 0. The van der Waals surface area contributed by atoms with Crippen molar-refractivity contribution in [2.45, 2.75) is 122 Å². The first-order chi connectivity index (χ1) is 15.7. The second-order valence-electron chi connectivity index (χ2n) is 8.98. The second-order valence-corrected chi connectivity index (χ2v) is 8.98. The third-order valence-electron chi connectivity index (χ3n) is 6.10. The van der Waals surface area contributed by atoms with Crippen molar-refractivity contribution >= 4 is 49.7 Å². The summed E-state index contributed by atoms with van der Waals surface area (Å²) in [5.41, 5.74) is -0.0507. The monoisotopic (exact) mass is 485 g/mol. The van der Waals surface area contributed by atoms with Crippen LogP contribution in [0.25, 0.3) is 0 Å². The number of hydrogen-bond donors (Lipinski definition) is 0. The van der Waals surface area contributed by atoms with Gasteiger partial charge in [0.2, 0.25) is 0 Å². The number of ether oxygens (including phenoxy) is 1. The molecule has 0 saturated heterocycles. The Morgan fingerprint density at radius 1 is 0.636 bits per heavy atom. The fraction of sp³-hybridized carbons (Fsp3) is 0.714. The summed E-state index contributed by atoms with van der Waals surface area (Å²) < 4.78 is 5.22. The number of unbranched alkanes of at least 4 members (excludes halogenated alkanes) is 17. The number of esters is 1. The third-order valence-corrected chi connectivity index (χ3v) is 6.10. The number of benzene rings is 1. The van der Waals surface area contributed by atoms with Gasteiger partial charge in [-0.2, -0.15) is 0 Å². The zero-order chi connectivity index (χ0) is 23.3. The fourth-order valence-corrected chi connectivity index (χ4v) is 4.09. The van der Waals surface area contributed by atoms with E-state index in [1.165, 1.54) is 108 Å². The molecule has 0 unspecified atom stereocenters. The van der Waals surface area contributed by atoms with Crippen LogP contribution in [0.2, 0.25) is 0 Å². The number of carbonyl (C=O) groups excluding carboxylic acids is 2. The maximum absolute atomic E-state index is 12.0. The minimum absolute atomic E-state index is 0. The van der Waals surface area contributed by atoms with E-state index in [0.717, 1.165) is 19.3 Å². The van der Waals surface area contributed by atoms with Gasteiger partial charge in [-0.1, -0.05) is 134 Å². The van der Waals surface area contributed by atoms with Crippen LogP contribution in [0.1, 0.15) is 143 Å². The number of carboxylic acid groups (broad SMARTS) is 1. The van der Waals surface area contributed by atoms with Gasteiger partial charge in [0, 0.05) is 5.56 Å². The number of aromatic carboxylic acids is 1. The first kappa shape index (κ1) is 32.4. The average molecular weight is 486 g/mol. The molecule has 182 valence electrons. The Hall–Kier alpha value is -0.580. The predicted molar refractivity (Wildman–Crippen MR) is 136 cm³/mol. The molecule has 0 atom stereocenters. The van der Waals surface area contributed by atoms with Crippen LogP contribution < -0.4 is 5.11 Å². The normalized spacial score (nSPS) is 10.6. The van der Waals surface area contributed by atoms with Gasteiger partial charge in [0.1, 0.15) is 0 Å². The molecule has 5 heteroatoms. The number of carbonyl (C=O) groups is 2. The molecule has 4 nitrogen and oxygen atoms in total. The molecule has 0 N–H and O–H groups in total. The van der Waals surface area contributed by atoms with Gasteiger partial charge in [0.05, 0.1) is 18.1 Å². The molecule has 0 heterocycles. The predicted octanol–water partition coefficient (Wildman–Crippen LogP) is 6.87. The van der Waals surface area contributed by atoms with Gasteiger partial charge in [-0.15, -0.1) is 0 Å². The maximum atomic E-state index is 12.0. The summed E-state index contributed by atoms with van der Waals surface area (Å²) in [6.45, 7) is 2.61. The van der Waals surface area contributed by atoms with Crippen LogP contribution in [0.15, 0.2) is 24.3 Å². The van der Waals surface area contributed by atoms with E-state index in [2.05, 4.69) is 6.92 Å². The molecule has 0 fully saturated rings. The Morgan fingerprint density at radius 2 is 1.00 bits per heavy atom. The van der Waals surface area contributed by atoms with Crippen molar-refractivity contribution < 1.29 is 19.4 Å². The van der Waals surface area contributed by atoms with Crippen molar-refractivity contribution in [2.75, 3.05) is 6.61 Å². The molecule has 0 saturated carbocycles. The van der Waals surface area contributed by atoms with Gasteiger partial charge in [-0.25, -0.2) is 4.79 Å². The molecular formula is C28H45CaO4+. The molecule has 0 aliphatic heterocycles. The summed E-state index contributed by atoms with van der Waals surface area (Å²) >= 11 is 0. The summed E-state index contributed by atoms with van der Waals surface area (Å²) in [4.78, 5) is 23.1. The standard InChI is InChI=1S/C28H46O4.Ca/c1-2-3-4-5-6-7-8-9-10-11-12-13-14-15-16-17-18-21-24-32-28(31)26-23-20-19-22-25(26)27(29)30;/h19-20,22-23H,2-18,21,24H2,1H3,(H,29,30);/q;+2/p-1. The van der Waals surface area contributed by atoms with Crippen LogP contribution in [0.5, 0.6) is 0 Å². The number of carboxylic acids is 1. The van der Waals surface area contributed by atoms with Crippen LogP contribution >= 0.6 is 0 Å². The molecule has 1 rings (SSSR count). The zero-order valence-electron chi connectivity index (χ0n) is 21.1. The minimum atomic E-state index is -1.36. The van der Waals surface area contributed by atoms with Crippen LogP contribution in [-0.4, -0.2) is 56.3 Å². The van der Waals surface area contributed by atoms with E-state index in [1.807, 2.05) is 0 Å². The van der Waals surface area contributed by atoms with Crippen molar-refractivity contribution in [2.24, 2.45) is 0 Å². The summed E-state index contributed by atoms with van der Waals surface area (Å²) in [5.74, 6) is -1.94. The first-order valence-electron chi connectivity index (χ1n) is 13.1. The van der Waals surface area contributed by atoms with E-state index in [0.29, 0.717) is 6.61 Å². The number of rotatable bonds is 21. The third kappa shape index (κ3) is 17.5. The van der Waals surface area contributed by atoms with Gasteiger partial charge in [-0.3, -0.25) is 0 Å². The van der Waals surface area contributed by atoms with Gasteiger partial charge >= 0.3 is 43.7 Å². The minimum Gasteiger partial charge on any atom is -0.545 e. The van der Waals surface area contributed by atoms with E-state index in [1.54, 1.807) is 12.1 Å². The van der Waals surface area contributed by atoms with Crippen LogP contribution in [0.3, 0.4) is 0 Å². The topological polar surface area (TPSA) is 66.4 Å².